The highest BCUT2D eigenvalue weighted by Gasteiger charge is 2.66. The molecule has 3 aromatic rings. The molecule has 0 radical (unpaired) electrons. The highest BCUT2D eigenvalue weighted by Crippen LogP contribution is 2.56. The fourth-order valence-electron chi connectivity index (χ4n) is 7.93. The average molecular weight is 796 g/mol. The summed E-state index contributed by atoms with van der Waals surface area (Å²) in [6, 6.07) is 17.8. The summed E-state index contributed by atoms with van der Waals surface area (Å²) in [7, 11) is -3.56. The van der Waals surface area contributed by atoms with E-state index in [1.54, 1.807) is 0 Å². The number of benzene rings is 3. The van der Waals surface area contributed by atoms with Crippen molar-refractivity contribution >= 4 is 66.8 Å². The first-order valence-electron chi connectivity index (χ1n) is 15.9. The van der Waals surface area contributed by atoms with E-state index < -0.39 is 101 Å². The van der Waals surface area contributed by atoms with Crippen LogP contribution in [0.4, 0.5) is 0 Å². The molecule has 2 aliphatic rings. The summed E-state index contributed by atoms with van der Waals surface area (Å²) in [4.78, 5) is 55.6. The smallest absolute Gasteiger partial charge is 0.324 e. The van der Waals surface area contributed by atoms with Crippen molar-refractivity contribution in [1.82, 2.24) is 0 Å². The number of halogens is 2. The van der Waals surface area contributed by atoms with Crippen molar-refractivity contribution < 1.29 is 55.0 Å². The summed E-state index contributed by atoms with van der Waals surface area (Å²) in [5, 5.41) is 0.684. The molecule has 52 heavy (non-hydrogen) atoms. The molecule has 5 rings (SSSR count). The third-order valence-corrected chi connectivity index (χ3v) is 14.1. The van der Waals surface area contributed by atoms with Crippen LogP contribution in [0.5, 0.6) is 0 Å². The second-order valence-corrected chi connectivity index (χ2v) is 18.0. The number of sulfone groups is 2. The number of carbonyl (C=O) groups excluding carboxylic acids is 4. The number of hydrogen-bond donors (Lipinski definition) is 0. The van der Waals surface area contributed by atoms with Gasteiger partial charge in [0, 0.05) is 33.7 Å². The summed E-state index contributed by atoms with van der Waals surface area (Å²) in [6.07, 6.45) is 0. The normalized spacial score (nSPS) is 24.1. The molecule has 0 aromatic heterocycles. The summed E-state index contributed by atoms with van der Waals surface area (Å²) in [5.74, 6) is -11.8. The van der Waals surface area contributed by atoms with E-state index in [2.05, 4.69) is 0 Å². The van der Waals surface area contributed by atoms with Crippen LogP contribution in [-0.2, 0) is 57.8 Å². The van der Waals surface area contributed by atoms with E-state index in [-0.39, 0.29) is 11.1 Å². The monoisotopic (exact) mass is 794 g/mol. The van der Waals surface area contributed by atoms with Crippen LogP contribution in [0.25, 0.3) is 0 Å². The number of esters is 4. The van der Waals surface area contributed by atoms with Crippen molar-refractivity contribution in [3.05, 3.63) is 105 Å². The Labute approximate surface area is 311 Å². The number of rotatable bonds is 8. The largest absolute Gasteiger partial charge is 0.468 e. The molecule has 3 aromatic carbocycles. The molecule has 0 spiro atoms. The van der Waals surface area contributed by atoms with Crippen LogP contribution < -0.4 is 0 Å². The lowest BCUT2D eigenvalue weighted by molar-refractivity contribution is -0.174. The van der Waals surface area contributed by atoms with Crippen molar-refractivity contribution in [3.63, 3.8) is 0 Å². The van der Waals surface area contributed by atoms with Gasteiger partial charge in [-0.05, 0) is 46.5 Å². The van der Waals surface area contributed by atoms with Crippen molar-refractivity contribution in [3.8, 4) is 0 Å². The average Bonchev–Trinajstić information content (AvgIpc) is 3.13. The number of carbonyl (C=O) groups is 4. The fourth-order valence-corrected chi connectivity index (χ4v) is 12.3. The molecule has 16 heteroatoms. The lowest BCUT2D eigenvalue weighted by atomic mass is 9.61. The maximum absolute atomic E-state index is 13.9. The Hall–Kier alpha value is -3.98. The van der Waals surface area contributed by atoms with E-state index in [1.807, 2.05) is 0 Å². The van der Waals surface area contributed by atoms with E-state index in [0.717, 1.165) is 28.4 Å². The summed E-state index contributed by atoms with van der Waals surface area (Å²) in [6.45, 7) is 0. The van der Waals surface area contributed by atoms with E-state index in [1.165, 1.54) is 72.8 Å². The van der Waals surface area contributed by atoms with E-state index in [4.69, 9.17) is 42.1 Å². The summed E-state index contributed by atoms with van der Waals surface area (Å²) >= 11 is 12.2. The molecule has 12 nitrogen and oxygen atoms in total. The van der Waals surface area contributed by atoms with Gasteiger partial charge < -0.3 is 18.9 Å². The minimum absolute atomic E-state index is 0.191. The Morgan fingerprint density at radius 2 is 0.654 bits per heavy atom. The number of ether oxygens (including phenoxy) is 4. The van der Waals surface area contributed by atoms with Crippen molar-refractivity contribution in [2.24, 2.45) is 10.8 Å². The molecule has 0 saturated carbocycles. The minimum atomic E-state index is -3.94. The zero-order chi connectivity index (χ0) is 38.2. The van der Waals surface area contributed by atoms with Gasteiger partial charge in [0.1, 0.15) is 0 Å². The Balaban J connectivity index is 1.73. The molecule has 0 amide bonds. The highest BCUT2D eigenvalue weighted by molar-refractivity contribution is 7.91. The van der Waals surface area contributed by atoms with Gasteiger partial charge in [0.15, 0.2) is 30.5 Å². The van der Waals surface area contributed by atoms with Crippen LogP contribution >= 0.6 is 23.2 Å². The predicted molar refractivity (Wildman–Crippen MR) is 191 cm³/mol. The zero-order valence-corrected chi connectivity index (χ0v) is 31.7. The Kier molecular flexibility index (Phi) is 11.2. The van der Waals surface area contributed by atoms with Crippen molar-refractivity contribution in [1.29, 1.82) is 0 Å². The zero-order valence-electron chi connectivity index (χ0n) is 28.5. The van der Waals surface area contributed by atoms with Gasteiger partial charge in [0.25, 0.3) is 0 Å². The van der Waals surface area contributed by atoms with Gasteiger partial charge in [0.05, 0.1) is 51.5 Å². The number of methoxy groups -OCH3 is 4. The van der Waals surface area contributed by atoms with Crippen molar-refractivity contribution in [2.45, 2.75) is 23.7 Å². The lowest BCUT2D eigenvalue weighted by Crippen LogP contribution is -2.57. The van der Waals surface area contributed by atoms with Crippen LogP contribution in [0.3, 0.4) is 0 Å². The Morgan fingerprint density at radius 3 is 0.846 bits per heavy atom. The van der Waals surface area contributed by atoms with Crippen LogP contribution in [0, 0.1) is 10.8 Å². The molecule has 0 aliphatic carbocycles. The molecular weight excluding hydrogens is 759 g/mol. The number of hydrogen-bond acceptors (Lipinski definition) is 12. The standard InChI is InChI=1S/C36H36Cl2O12S2/c1-47-31(39)35(32(40)48-2)27(17-51(43,44)19-29(35)23-9-13-25(37)14-10-23)21-5-7-22(8-6-21)28-18-52(45,46)20-30(24-11-15-26(38)16-12-24)36(28,33(41)49-3)34(42)50-4/h5-16,27-30H,17-20H2,1-4H3/t27?,28?,29-,30?/m1/s1. The molecule has 0 bridgehead atoms. The summed E-state index contributed by atoms with van der Waals surface area (Å²) in [5.41, 5.74) is -3.36. The maximum atomic E-state index is 13.9. The molecule has 0 N–H and O–H groups in total. The Bertz CT molecular complexity index is 1900. The highest BCUT2D eigenvalue weighted by atomic mass is 35.5. The second-order valence-electron chi connectivity index (χ2n) is 12.8. The maximum Gasteiger partial charge on any atom is 0.324 e. The second kappa shape index (κ2) is 14.8. The first-order chi connectivity index (χ1) is 24.5. The van der Waals surface area contributed by atoms with E-state index in [0.29, 0.717) is 21.2 Å². The van der Waals surface area contributed by atoms with Gasteiger partial charge >= 0.3 is 23.9 Å². The van der Waals surface area contributed by atoms with Gasteiger partial charge in [-0.1, -0.05) is 71.7 Å². The van der Waals surface area contributed by atoms with Crippen LogP contribution in [-0.4, -0.2) is 92.2 Å². The van der Waals surface area contributed by atoms with E-state index >= 15 is 0 Å². The van der Waals surface area contributed by atoms with Gasteiger partial charge in [-0.3, -0.25) is 19.2 Å². The molecular formula is C36H36Cl2O12S2. The van der Waals surface area contributed by atoms with Gasteiger partial charge in [-0.25, -0.2) is 16.8 Å². The lowest BCUT2D eigenvalue weighted by Gasteiger charge is -2.46. The topological polar surface area (TPSA) is 173 Å². The molecule has 2 aliphatic heterocycles. The first-order valence-corrected chi connectivity index (χ1v) is 20.3. The predicted octanol–water partition coefficient (Wildman–Crippen LogP) is 4.25. The van der Waals surface area contributed by atoms with Crippen LogP contribution in [0.1, 0.15) is 45.9 Å². The van der Waals surface area contributed by atoms with E-state index in [9.17, 15) is 36.0 Å². The summed E-state index contributed by atoms with van der Waals surface area (Å²) < 4.78 is 75.0. The van der Waals surface area contributed by atoms with Crippen LogP contribution in [0.15, 0.2) is 72.8 Å². The SMILES string of the molecule is COC(=O)C1(C(=O)OC)C(c2ccc(Cl)cc2)CS(=O)(=O)CC1c1ccc(C2CS(=O)(=O)C[C@H](c3ccc(Cl)cc3)C2(C(=O)OC)C(=O)OC)cc1. The fraction of sp³-hybridized carbons (Fsp3) is 0.389. The quantitative estimate of drug-likeness (QED) is 0.181. The molecule has 4 atom stereocenters. The molecule has 2 saturated heterocycles. The van der Waals surface area contributed by atoms with Gasteiger partial charge in [-0.2, -0.15) is 0 Å². The first kappa shape index (κ1) is 39.2. The molecule has 2 heterocycles. The Morgan fingerprint density at radius 1 is 0.462 bits per heavy atom. The third kappa shape index (κ3) is 6.70. The third-order valence-electron chi connectivity index (χ3n) is 10.3. The minimum Gasteiger partial charge on any atom is -0.468 e. The molecule has 2 fully saturated rings. The molecule has 278 valence electrons. The van der Waals surface area contributed by atoms with Crippen molar-refractivity contribution in [2.75, 3.05) is 51.5 Å². The molecule has 3 unspecified atom stereocenters. The van der Waals surface area contributed by atoms with Crippen LogP contribution in [0.2, 0.25) is 10.0 Å². The van der Waals surface area contributed by atoms with Gasteiger partial charge in [0.2, 0.25) is 0 Å². The van der Waals surface area contributed by atoms with Gasteiger partial charge in [-0.15, -0.1) is 0 Å².